The van der Waals surface area contributed by atoms with Gasteiger partial charge >= 0.3 is 6.18 Å². The van der Waals surface area contributed by atoms with Crippen molar-refractivity contribution >= 4 is 5.91 Å². The van der Waals surface area contributed by atoms with Crippen molar-refractivity contribution in [2.45, 2.75) is 44.6 Å². The molecule has 116 valence electrons. The summed E-state index contributed by atoms with van der Waals surface area (Å²) in [6.45, 7) is 1.78. The molecule has 1 N–H and O–H groups in total. The first-order valence-corrected chi connectivity index (χ1v) is 6.94. The minimum absolute atomic E-state index is 0.0783. The van der Waals surface area contributed by atoms with Crippen LogP contribution in [0.2, 0.25) is 0 Å². The van der Waals surface area contributed by atoms with E-state index >= 15 is 0 Å². The molecule has 1 fully saturated rings. The van der Waals surface area contributed by atoms with Crippen LogP contribution in [0.4, 0.5) is 13.2 Å². The molecule has 0 aliphatic heterocycles. The highest BCUT2D eigenvalue weighted by molar-refractivity contribution is 5.81. The summed E-state index contributed by atoms with van der Waals surface area (Å²) in [6.07, 6.45) is -2.41. The van der Waals surface area contributed by atoms with Gasteiger partial charge in [0.2, 0.25) is 5.91 Å². The van der Waals surface area contributed by atoms with Crippen molar-refractivity contribution in [3.05, 3.63) is 35.4 Å². The SMILES string of the molecule is CC(C(=O)NC1CC1)N(C)Cc1ccccc1C(F)(F)F. The maximum absolute atomic E-state index is 12.9. The van der Waals surface area contributed by atoms with Gasteiger partial charge in [0.1, 0.15) is 0 Å². The first-order valence-electron chi connectivity index (χ1n) is 6.94. The Bertz CT molecular complexity index is 512. The largest absolute Gasteiger partial charge is 0.416 e. The molecule has 0 spiro atoms. The number of amides is 1. The van der Waals surface area contributed by atoms with Crippen LogP contribution in [0.15, 0.2) is 24.3 Å². The predicted molar refractivity (Wildman–Crippen MR) is 73.5 cm³/mol. The van der Waals surface area contributed by atoms with Crippen LogP contribution < -0.4 is 5.32 Å². The first-order chi connectivity index (χ1) is 9.79. The number of nitrogens with zero attached hydrogens (tertiary/aromatic N) is 1. The molecular weight excluding hydrogens is 281 g/mol. The van der Waals surface area contributed by atoms with E-state index in [1.807, 2.05) is 0 Å². The third-order valence-corrected chi connectivity index (χ3v) is 3.71. The molecule has 1 saturated carbocycles. The number of alkyl halides is 3. The van der Waals surface area contributed by atoms with Crippen LogP contribution in [0.3, 0.4) is 0 Å². The van der Waals surface area contributed by atoms with E-state index in [1.54, 1.807) is 24.9 Å². The molecule has 0 saturated heterocycles. The highest BCUT2D eigenvalue weighted by Crippen LogP contribution is 2.32. The highest BCUT2D eigenvalue weighted by atomic mass is 19.4. The number of likely N-dealkylation sites (N-methyl/N-ethyl adjacent to an activating group) is 1. The lowest BCUT2D eigenvalue weighted by atomic mass is 10.1. The molecule has 0 bridgehead atoms. The number of benzene rings is 1. The number of hydrogen-bond donors (Lipinski definition) is 1. The number of carbonyl (C=O) groups is 1. The van der Waals surface area contributed by atoms with Gasteiger partial charge in [-0.05, 0) is 38.4 Å². The second-order valence-corrected chi connectivity index (χ2v) is 5.53. The molecular formula is C15H19F3N2O. The van der Waals surface area contributed by atoms with E-state index < -0.39 is 17.8 Å². The van der Waals surface area contributed by atoms with Gasteiger partial charge in [0.15, 0.2) is 0 Å². The second-order valence-electron chi connectivity index (χ2n) is 5.53. The van der Waals surface area contributed by atoms with E-state index in [0.29, 0.717) is 0 Å². The fraction of sp³-hybridized carbons (Fsp3) is 0.533. The smallest absolute Gasteiger partial charge is 0.352 e. The predicted octanol–water partition coefficient (Wildman–Crippen LogP) is 2.80. The van der Waals surface area contributed by atoms with Gasteiger partial charge in [-0.1, -0.05) is 18.2 Å². The molecule has 3 nitrogen and oxygen atoms in total. The standard InChI is InChI=1S/C15H19F3N2O/c1-10(14(21)19-12-7-8-12)20(2)9-11-5-3-4-6-13(11)15(16,17)18/h3-6,10,12H,7-9H2,1-2H3,(H,19,21). The maximum Gasteiger partial charge on any atom is 0.416 e. The van der Waals surface area contributed by atoms with E-state index in [-0.39, 0.29) is 24.1 Å². The van der Waals surface area contributed by atoms with Crippen molar-refractivity contribution in [3.8, 4) is 0 Å². The van der Waals surface area contributed by atoms with Gasteiger partial charge in [0.25, 0.3) is 0 Å². The molecule has 1 amide bonds. The van der Waals surface area contributed by atoms with Gasteiger partial charge < -0.3 is 5.32 Å². The van der Waals surface area contributed by atoms with Crippen LogP contribution in [-0.2, 0) is 17.5 Å². The van der Waals surface area contributed by atoms with Crippen molar-refractivity contribution in [2.75, 3.05) is 7.05 Å². The average molecular weight is 300 g/mol. The Morgan fingerprint density at radius 3 is 2.57 bits per heavy atom. The fourth-order valence-corrected chi connectivity index (χ4v) is 2.09. The van der Waals surface area contributed by atoms with Gasteiger partial charge in [-0.25, -0.2) is 0 Å². The molecule has 1 atom stereocenters. The summed E-state index contributed by atoms with van der Waals surface area (Å²) in [6, 6.07) is 5.24. The average Bonchev–Trinajstić information content (AvgIpc) is 3.21. The number of rotatable bonds is 5. The summed E-state index contributed by atoms with van der Waals surface area (Å²) >= 11 is 0. The quantitative estimate of drug-likeness (QED) is 0.907. The first kappa shape index (κ1) is 15.8. The summed E-state index contributed by atoms with van der Waals surface area (Å²) in [5.74, 6) is -0.135. The van der Waals surface area contributed by atoms with Crippen LogP contribution in [0.25, 0.3) is 0 Å². The molecule has 0 heterocycles. The summed E-state index contributed by atoms with van der Waals surface area (Å²) < 4.78 is 38.8. The summed E-state index contributed by atoms with van der Waals surface area (Å²) in [5.41, 5.74) is -0.467. The molecule has 1 aromatic rings. The van der Waals surface area contributed by atoms with Crippen molar-refractivity contribution in [3.63, 3.8) is 0 Å². The number of halogens is 3. The monoisotopic (exact) mass is 300 g/mol. The molecule has 2 rings (SSSR count). The van der Waals surface area contributed by atoms with Crippen LogP contribution >= 0.6 is 0 Å². The zero-order valence-electron chi connectivity index (χ0n) is 12.1. The van der Waals surface area contributed by atoms with Gasteiger partial charge in [-0.3, -0.25) is 9.69 Å². The summed E-state index contributed by atoms with van der Waals surface area (Å²) in [4.78, 5) is 13.6. The third-order valence-electron chi connectivity index (χ3n) is 3.71. The van der Waals surface area contributed by atoms with Crippen molar-refractivity contribution < 1.29 is 18.0 Å². The van der Waals surface area contributed by atoms with Gasteiger partial charge in [0, 0.05) is 12.6 Å². The number of carbonyl (C=O) groups excluding carboxylic acids is 1. The Balaban J connectivity index is 2.04. The maximum atomic E-state index is 12.9. The Morgan fingerprint density at radius 2 is 2.00 bits per heavy atom. The van der Waals surface area contributed by atoms with Crippen LogP contribution in [0.5, 0.6) is 0 Å². The molecule has 1 unspecified atom stereocenters. The molecule has 0 aromatic heterocycles. The molecule has 21 heavy (non-hydrogen) atoms. The van der Waals surface area contributed by atoms with Crippen LogP contribution in [0.1, 0.15) is 30.9 Å². The van der Waals surface area contributed by atoms with Crippen LogP contribution in [0, 0.1) is 0 Å². The summed E-state index contributed by atoms with van der Waals surface area (Å²) in [5, 5.41) is 2.86. The zero-order chi connectivity index (χ0) is 15.6. The minimum atomic E-state index is -4.38. The Labute approximate surface area is 122 Å². The van der Waals surface area contributed by atoms with Gasteiger partial charge in [-0.2, -0.15) is 13.2 Å². The zero-order valence-corrected chi connectivity index (χ0v) is 12.1. The van der Waals surface area contributed by atoms with E-state index in [0.717, 1.165) is 18.9 Å². The molecule has 6 heteroatoms. The van der Waals surface area contributed by atoms with Gasteiger partial charge in [-0.15, -0.1) is 0 Å². The topological polar surface area (TPSA) is 32.3 Å². The fourth-order valence-electron chi connectivity index (χ4n) is 2.09. The summed E-state index contributed by atoms with van der Waals surface area (Å²) in [7, 11) is 1.66. The normalized spacial score (nSPS) is 16.9. The van der Waals surface area contributed by atoms with Gasteiger partial charge in [0.05, 0.1) is 11.6 Å². The second kappa shape index (κ2) is 6.05. The third kappa shape index (κ3) is 4.20. The molecule has 1 aliphatic carbocycles. The highest BCUT2D eigenvalue weighted by Gasteiger charge is 2.34. The Morgan fingerprint density at radius 1 is 1.38 bits per heavy atom. The van der Waals surface area contributed by atoms with Crippen LogP contribution in [-0.4, -0.2) is 29.9 Å². The lowest BCUT2D eigenvalue weighted by Crippen LogP contribution is -2.43. The molecule has 1 aliphatic rings. The van der Waals surface area contributed by atoms with E-state index in [9.17, 15) is 18.0 Å². The lowest BCUT2D eigenvalue weighted by molar-refractivity contribution is -0.138. The minimum Gasteiger partial charge on any atom is -0.352 e. The van der Waals surface area contributed by atoms with Crippen molar-refractivity contribution in [2.24, 2.45) is 0 Å². The van der Waals surface area contributed by atoms with E-state index in [4.69, 9.17) is 0 Å². The van der Waals surface area contributed by atoms with E-state index in [2.05, 4.69) is 5.32 Å². The molecule has 0 radical (unpaired) electrons. The lowest BCUT2D eigenvalue weighted by Gasteiger charge is -2.25. The Kier molecular flexibility index (Phi) is 4.56. The number of hydrogen-bond acceptors (Lipinski definition) is 2. The Hall–Kier alpha value is -1.56. The van der Waals surface area contributed by atoms with Crippen molar-refractivity contribution in [1.82, 2.24) is 10.2 Å². The number of nitrogens with one attached hydrogen (secondary N) is 1. The molecule has 1 aromatic carbocycles. The van der Waals surface area contributed by atoms with Crippen molar-refractivity contribution in [1.29, 1.82) is 0 Å². The van der Waals surface area contributed by atoms with E-state index in [1.165, 1.54) is 12.1 Å².